The van der Waals surface area contributed by atoms with Crippen molar-refractivity contribution in [1.82, 2.24) is 0 Å². The Morgan fingerprint density at radius 1 is 0.947 bits per heavy atom. The molecule has 0 aliphatic carbocycles. The molecule has 6 heteroatoms. The number of rotatable bonds is 5. The van der Waals surface area contributed by atoms with Crippen LogP contribution >= 0.6 is 11.3 Å². The second kappa shape index (κ2) is 6.03. The van der Waals surface area contributed by atoms with Crippen molar-refractivity contribution in [2.24, 2.45) is 0 Å². The van der Waals surface area contributed by atoms with E-state index in [1.54, 1.807) is 11.3 Å². The summed E-state index contributed by atoms with van der Waals surface area (Å²) in [5, 5.41) is 1.99. The summed E-state index contributed by atoms with van der Waals surface area (Å²) in [5.41, 5.74) is -0.784. The Morgan fingerprint density at radius 2 is 1.42 bits per heavy atom. The molecule has 0 aliphatic heterocycles. The minimum Gasteiger partial charge on any atom is -0.242 e. The molecule has 0 N–H and O–H groups in total. The standard InChI is InChI=1S/C13H24O4SSi/c1-12(2,3)14-16-19(7,11-9-8-10-18-11)17-15-13(4,5)6/h8-10H,1-7H3. The van der Waals surface area contributed by atoms with Crippen molar-refractivity contribution in [3.05, 3.63) is 17.5 Å². The van der Waals surface area contributed by atoms with Crippen LogP contribution in [0, 0.1) is 0 Å². The van der Waals surface area contributed by atoms with E-state index in [1.807, 2.05) is 65.6 Å². The molecule has 0 aliphatic rings. The summed E-state index contributed by atoms with van der Waals surface area (Å²) >= 11 is 1.58. The van der Waals surface area contributed by atoms with Crippen molar-refractivity contribution in [3.8, 4) is 0 Å². The van der Waals surface area contributed by atoms with Gasteiger partial charge in [-0.3, -0.25) is 0 Å². The van der Waals surface area contributed by atoms with Crippen LogP contribution in [0.2, 0.25) is 6.55 Å². The summed E-state index contributed by atoms with van der Waals surface area (Å²) in [6, 6.07) is 3.95. The monoisotopic (exact) mass is 304 g/mol. The van der Waals surface area contributed by atoms with Crippen LogP contribution in [0.1, 0.15) is 41.5 Å². The highest BCUT2D eigenvalue weighted by atomic mass is 32.1. The first-order valence-corrected chi connectivity index (χ1v) is 9.49. The van der Waals surface area contributed by atoms with Crippen molar-refractivity contribution >= 4 is 24.4 Å². The van der Waals surface area contributed by atoms with Crippen LogP contribution in [0.15, 0.2) is 17.5 Å². The summed E-state index contributed by atoms with van der Waals surface area (Å²) in [6.45, 7) is 13.5. The van der Waals surface area contributed by atoms with Gasteiger partial charge in [0.1, 0.15) is 0 Å². The lowest BCUT2D eigenvalue weighted by molar-refractivity contribution is -0.344. The third-order valence-electron chi connectivity index (χ3n) is 1.87. The highest BCUT2D eigenvalue weighted by molar-refractivity contribution is 7.23. The quantitative estimate of drug-likeness (QED) is 0.474. The number of hydrogen-bond acceptors (Lipinski definition) is 5. The summed E-state index contributed by atoms with van der Waals surface area (Å²) in [5.74, 6) is 0. The van der Waals surface area contributed by atoms with E-state index in [4.69, 9.17) is 18.9 Å². The van der Waals surface area contributed by atoms with Crippen LogP contribution in [0.4, 0.5) is 0 Å². The fourth-order valence-electron chi connectivity index (χ4n) is 1.04. The van der Waals surface area contributed by atoms with E-state index in [9.17, 15) is 0 Å². The van der Waals surface area contributed by atoms with Gasteiger partial charge in [0, 0.05) is 0 Å². The predicted octanol–water partition coefficient (Wildman–Crippen LogP) is 3.52. The SMILES string of the molecule is CC(C)(C)OO[Si](C)(OOC(C)(C)C)c1cccs1. The van der Waals surface area contributed by atoms with Gasteiger partial charge < -0.3 is 0 Å². The van der Waals surface area contributed by atoms with Gasteiger partial charge in [0.25, 0.3) is 0 Å². The molecule has 1 aromatic heterocycles. The first kappa shape index (κ1) is 16.8. The van der Waals surface area contributed by atoms with Gasteiger partial charge in [0.05, 0.1) is 15.7 Å². The van der Waals surface area contributed by atoms with Crippen LogP contribution in [0.5, 0.6) is 0 Å². The molecule has 4 nitrogen and oxygen atoms in total. The fraction of sp³-hybridized carbons (Fsp3) is 0.692. The molecule has 1 rings (SSSR count). The zero-order chi connectivity index (χ0) is 14.7. The lowest BCUT2D eigenvalue weighted by atomic mass is 10.2. The number of thiophene rings is 1. The Morgan fingerprint density at radius 3 is 1.74 bits per heavy atom. The average molecular weight is 304 g/mol. The van der Waals surface area contributed by atoms with E-state index in [0.29, 0.717) is 0 Å². The Hall–Kier alpha value is -0.243. The lowest BCUT2D eigenvalue weighted by Gasteiger charge is -2.30. The smallest absolute Gasteiger partial charge is 0.242 e. The van der Waals surface area contributed by atoms with Gasteiger partial charge in [-0.2, -0.15) is 0 Å². The van der Waals surface area contributed by atoms with Crippen LogP contribution in [0.3, 0.4) is 0 Å². The van der Waals surface area contributed by atoms with Crippen molar-refractivity contribution in [3.63, 3.8) is 0 Å². The highest BCUT2D eigenvalue weighted by Gasteiger charge is 2.42. The van der Waals surface area contributed by atoms with Crippen molar-refractivity contribution in [2.75, 3.05) is 0 Å². The Balaban J connectivity index is 2.79. The summed E-state index contributed by atoms with van der Waals surface area (Å²) < 4.78 is 12.3. The molecule has 0 unspecified atom stereocenters. The van der Waals surface area contributed by atoms with E-state index in [0.717, 1.165) is 4.50 Å². The van der Waals surface area contributed by atoms with Crippen molar-refractivity contribution in [2.45, 2.75) is 59.3 Å². The topological polar surface area (TPSA) is 36.9 Å². The zero-order valence-corrected chi connectivity index (χ0v) is 14.6. The first-order chi connectivity index (χ1) is 8.52. The van der Waals surface area contributed by atoms with E-state index in [1.165, 1.54) is 0 Å². The van der Waals surface area contributed by atoms with Crippen LogP contribution in [-0.4, -0.2) is 19.8 Å². The first-order valence-electron chi connectivity index (χ1n) is 6.29. The molecule has 0 saturated carbocycles. The molecule has 0 radical (unpaired) electrons. The van der Waals surface area contributed by atoms with Gasteiger partial charge in [0.2, 0.25) is 0 Å². The second-order valence-corrected chi connectivity index (χ2v) is 10.6. The van der Waals surface area contributed by atoms with Crippen molar-refractivity contribution < 1.29 is 18.9 Å². The molecule has 0 aromatic carbocycles. The maximum Gasteiger partial charge on any atom is 0.446 e. The average Bonchev–Trinajstić information content (AvgIpc) is 2.75. The normalized spacial score (nSPS) is 13.8. The molecule has 0 atom stereocenters. The Bertz CT molecular complexity index is 360. The van der Waals surface area contributed by atoms with Crippen LogP contribution in [0.25, 0.3) is 0 Å². The summed E-state index contributed by atoms with van der Waals surface area (Å²) in [6.07, 6.45) is 0. The lowest BCUT2D eigenvalue weighted by Crippen LogP contribution is -2.52. The molecule has 1 aromatic rings. The Kier molecular flexibility index (Phi) is 5.33. The third-order valence-corrected chi connectivity index (χ3v) is 5.88. The minimum absolute atomic E-state index is 0.392. The molecule has 0 amide bonds. The molecule has 0 fully saturated rings. The molecule has 0 bridgehead atoms. The van der Waals surface area contributed by atoms with Crippen molar-refractivity contribution in [1.29, 1.82) is 0 Å². The van der Waals surface area contributed by atoms with Crippen LogP contribution in [-0.2, 0) is 18.9 Å². The zero-order valence-electron chi connectivity index (χ0n) is 12.8. The maximum absolute atomic E-state index is 5.64. The maximum atomic E-state index is 5.64. The molecule has 110 valence electrons. The third kappa shape index (κ3) is 6.16. The molecule has 0 saturated heterocycles. The molecule has 1 heterocycles. The largest absolute Gasteiger partial charge is 0.446 e. The van der Waals surface area contributed by atoms with E-state index < -0.39 is 19.8 Å². The van der Waals surface area contributed by atoms with Gasteiger partial charge in [0.15, 0.2) is 0 Å². The fourth-order valence-corrected chi connectivity index (χ4v) is 4.18. The highest BCUT2D eigenvalue weighted by Crippen LogP contribution is 2.20. The van der Waals surface area contributed by atoms with Crippen LogP contribution < -0.4 is 4.50 Å². The molecule has 0 spiro atoms. The predicted molar refractivity (Wildman–Crippen MR) is 79.4 cm³/mol. The van der Waals surface area contributed by atoms with E-state index in [2.05, 4.69) is 0 Å². The molecular formula is C13H24O4SSi. The number of hydrogen-bond donors (Lipinski definition) is 0. The van der Waals surface area contributed by atoms with Gasteiger partial charge in [-0.15, -0.1) is 11.3 Å². The summed E-state index contributed by atoms with van der Waals surface area (Å²) in [7, 11) is -2.72. The minimum atomic E-state index is -2.72. The summed E-state index contributed by atoms with van der Waals surface area (Å²) in [4.78, 5) is 10.9. The van der Waals surface area contributed by atoms with E-state index in [-0.39, 0.29) is 0 Å². The van der Waals surface area contributed by atoms with Gasteiger partial charge in [-0.25, -0.2) is 18.9 Å². The molecular weight excluding hydrogens is 280 g/mol. The second-order valence-electron chi connectivity index (χ2n) is 6.48. The van der Waals surface area contributed by atoms with Gasteiger partial charge in [-0.1, -0.05) is 6.07 Å². The molecule has 19 heavy (non-hydrogen) atoms. The van der Waals surface area contributed by atoms with Gasteiger partial charge in [-0.05, 0) is 59.5 Å². The Labute approximate surface area is 120 Å². The van der Waals surface area contributed by atoms with Gasteiger partial charge >= 0.3 is 8.56 Å². The van der Waals surface area contributed by atoms with E-state index >= 15 is 0 Å².